The maximum Gasteiger partial charge on any atom is 0.0717 e. The molecule has 0 aromatic heterocycles. The number of hydrogen-bond donors (Lipinski definition) is 0. The van der Waals surface area contributed by atoms with Crippen LogP contribution in [0.25, 0.3) is 12.2 Å². The Hall–Kier alpha value is -2.16. The van der Waals surface area contributed by atoms with Crippen molar-refractivity contribution >= 4 is 12.2 Å². The Bertz CT molecular complexity index is 598. The van der Waals surface area contributed by atoms with Crippen LogP contribution in [0.4, 0.5) is 0 Å². The highest BCUT2D eigenvalue weighted by atomic mass is 16.5. The lowest BCUT2D eigenvalue weighted by Crippen LogP contribution is -2.16. The van der Waals surface area contributed by atoms with Gasteiger partial charge in [0.15, 0.2) is 0 Å². The number of ether oxygens (including phenoxy) is 2. The summed E-state index contributed by atoms with van der Waals surface area (Å²) in [6, 6.07) is 16.6. The van der Waals surface area contributed by atoms with Crippen LogP contribution in [-0.2, 0) is 22.7 Å². The largest absolute Gasteiger partial charge is 0.376 e. The Morgan fingerprint density at radius 2 is 1.19 bits per heavy atom. The van der Waals surface area contributed by atoms with Crippen molar-refractivity contribution in [1.29, 1.82) is 0 Å². The highest BCUT2D eigenvalue weighted by molar-refractivity contribution is 5.47. The average molecular weight is 351 g/mol. The average Bonchev–Trinajstić information content (AvgIpc) is 2.69. The van der Waals surface area contributed by atoms with Crippen molar-refractivity contribution in [1.82, 2.24) is 0 Å². The van der Waals surface area contributed by atoms with Crippen LogP contribution in [0, 0.1) is 5.92 Å². The van der Waals surface area contributed by atoms with Gasteiger partial charge in [0.25, 0.3) is 0 Å². The van der Waals surface area contributed by atoms with Crippen LogP contribution in [-0.4, -0.2) is 13.2 Å². The first-order valence-corrected chi connectivity index (χ1v) is 9.33. The SMILES string of the molecule is C=Cc1ccc(COCC(CCC)COCc2ccc(C=C)cc2)cc1. The molecule has 0 heterocycles. The van der Waals surface area contributed by atoms with E-state index in [0.29, 0.717) is 19.1 Å². The molecule has 0 N–H and O–H groups in total. The number of benzene rings is 2. The molecule has 0 fully saturated rings. The van der Waals surface area contributed by atoms with Gasteiger partial charge < -0.3 is 9.47 Å². The Balaban J connectivity index is 1.72. The van der Waals surface area contributed by atoms with Crippen LogP contribution in [0.1, 0.15) is 42.0 Å². The standard InChI is InChI=1S/C24H30O2/c1-4-7-24(18-25-16-22-12-8-20(5-2)9-13-22)19-26-17-23-14-10-21(6-3)11-15-23/h5-6,8-15,24H,2-4,7,16-19H2,1H3. The lowest BCUT2D eigenvalue weighted by molar-refractivity contribution is 0.0238. The summed E-state index contributed by atoms with van der Waals surface area (Å²) >= 11 is 0. The van der Waals surface area contributed by atoms with Crippen LogP contribution in [0.15, 0.2) is 61.7 Å². The monoisotopic (exact) mass is 350 g/mol. The van der Waals surface area contributed by atoms with E-state index in [2.05, 4.69) is 68.6 Å². The van der Waals surface area contributed by atoms with Crippen LogP contribution >= 0.6 is 0 Å². The van der Waals surface area contributed by atoms with Crippen molar-refractivity contribution in [3.63, 3.8) is 0 Å². The molecule has 0 spiro atoms. The molecule has 2 heteroatoms. The van der Waals surface area contributed by atoms with Gasteiger partial charge in [0, 0.05) is 5.92 Å². The minimum Gasteiger partial charge on any atom is -0.376 e. The molecule has 0 bridgehead atoms. The maximum atomic E-state index is 5.92. The third kappa shape index (κ3) is 6.99. The zero-order valence-electron chi connectivity index (χ0n) is 15.8. The molecule has 2 nitrogen and oxygen atoms in total. The molecule has 2 aromatic rings. The van der Waals surface area contributed by atoms with Gasteiger partial charge in [-0.05, 0) is 28.7 Å². The molecule has 26 heavy (non-hydrogen) atoms. The zero-order chi connectivity index (χ0) is 18.6. The fourth-order valence-electron chi connectivity index (χ4n) is 2.81. The van der Waals surface area contributed by atoms with Crippen LogP contribution in [0.3, 0.4) is 0 Å². The van der Waals surface area contributed by atoms with Gasteiger partial charge in [-0.2, -0.15) is 0 Å². The fourth-order valence-corrected chi connectivity index (χ4v) is 2.81. The summed E-state index contributed by atoms with van der Waals surface area (Å²) in [6.07, 6.45) is 5.96. The maximum absolute atomic E-state index is 5.92. The van der Waals surface area contributed by atoms with Gasteiger partial charge in [0.1, 0.15) is 0 Å². The van der Waals surface area contributed by atoms with Crippen molar-refractivity contribution in [2.45, 2.75) is 33.0 Å². The minimum atomic E-state index is 0.430. The molecule has 0 amide bonds. The second kappa shape index (κ2) is 11.5. The summed E-state index contributed by atoms with van der Waals surface area (Å²) < 4.78 is 11.8. The van der Waals surface area contributed by atoms with Crippen LogP contribution in [0.5, 0.6) is 0 Å². The van der Waals surface area contributed by atoms with Gasteiger partial charge >= 0.3 is 0 Å². The molecular formula is C24H30O2. The van der Waals surface area contributed by atoms with Gasteiger partial charge in [-0.15, -0.1) is 0 Å². The quantitative estimate of drug-likeness (QED) is 0.459. The van der Waals surface area contributed by atoms with Crippen molar-refractivity contribution in [3.8, 4) is 0 Å². The summed E-state index contributed by atoms with van der Waals surface area (Å²) in [5, 5.41) is 0. The van der Waals surface area contributed by atoms with Crippen molar-refractivity contribution < 1.29 is 9.47 Å². The lowest BCUT2D eigenvalue weighted by Gasteiger charge is -2.17. The van der Waals surface area contributed by atoms with Gasteiger partial charge in [0.05, 0.1) is 26.4 Å². The van der Waals surface area contributed by atoms with E-state index in [4.69, 9.17) is 9.47 Å². The Kier molecular flexibility index (Phi) is 8.88. The molecule has 2 aromatic carbocycles. The van der Waals surface area contributed by atoms with Gasteiger partial charge in [-0.3, -0.25) is 0 Å². The first-order chi connectivity index (χ1) is 12.7. The van der Waals surface area contributed by atoms with E-state index in [9.17, 15) is 0 Å². The molecule has 0 aliphatic carbocycles. The predicted octanol–water partition coefficient (Wildman–Crippen LogP) is 6.12. The van der Waals surface area contributed by atoms with E-state index < -0.39 is 0 Å². The van der Waals surface area contributed by atoms with Gasteiger partial charge in [0.2, 0.25) is 0 Å². The minimum absolute atomic E-state index is 0.430. The second-order valence-corrected chi connectivity index (χ2v) is 6.58. The molecule has 0 radical (unpaired) electrons. The van der Waals surface area contributed by atoms with Crippen molar-refractivity contribution in [2.75, 3.05) is 13.2 Å². The predicted molar refractivity (Wildman–Crippen MR) is 111 cm³/mol. The van der Waals surface area contributed by atoms with Crippen molar-refractivity contribution in [3.05, 3.63) is 83.9 Å². The van der Waals surface area contributed by atoms with Gasteiger partial charge in [-0.1, -0.05) is 87.2 Å². The van der Waals surface area contributed by atoms with Gasteiger partial charge in [-0.25, -0.2) is 0 Å². The molecule has 138 valence electrons. The first-order valence-electron chi connectivity index (χ1n) is 9.33. The summed E-state index contributed by atoms with van der Waals surface area (Å²) in [5.74, 6) is 0.430. The number of hydrogen-bond acceptors (Lipinski definition) is 2. The fraction of sp³-hybridized carbons (Fsp3) is 0.333. The molecule has 2 rings (SSSR count). The van der Waals surface area contributed by atoms with E-state index in [0.717, 1.165) is 37.2 Å². The Morgan fingerprint density at radius 1 is 0.769 bits per heavy atom. The Labute approximate surface area is 158 Å². The smallest absolute Gasteiger partial charge is 0.0717 e. The molecule has 0 unspecified atom stereocenters. The number of rotatable bonds is 12. The van der Waals surface area contributed by atoms with Crippen LogP contribution < -0.4 is 0 Å². The molecule has 0 saturated heterocycles. The van der Waals surface area contributed by atoms with E-state index in [-0.39, 0.29) is 0 Å². The third-order valence-electron chi connectivity index (χ3n) is 4.37. The molecular weight excluding hydrogens is 320 g/mol. The lowest BCUT2D eigenvalue weighted by atomic mass is 10.1. The van der Waals surface area contributed by atoms with E-state index in [1.165, 1.54) is 11.1 Å². The summed E-state index contributed by atoms with van der Waals surface area (Å²) in [7, 11) is 0. The summed E-state index contributed by atoms with van der Waals surface area (Å²) in [4.78, 5) is 0. The Morgan fingerprint density at radius 3 is 1.54 bits per heavy atom. The highest BCUT2D eigenvalue weighted by Crippen LogP contribution is 2.13. The van der Waals surface area contributed by atoms with Crippen molar-refractivity contribution in [2.24, 2.45) is 5.92 Å². The zero-order valence-corrected chi connectivity index (χ0v) is 15.8. The molecule has 0 aliphatic heterocycles. The van der Waals surface area contributed by atoms with E-state index >= 15 is 0 Å². The molecule has 0 atom stereocenters. The van der Waals surface area contributed by atoms with E-state index in [1.807, 2.05) is 12.2 Å². The molecule has 0 saturated carbocycles. The summed E-state index contributed by atoms with van der Waals surface area (Å²) in [5.41, 5.74) is 4.64. The highest BCUT2D eigenvalue weighted by Gasteiger charge is 2.09. The normalized spacial score (nSPS) is 10.8. The molecule has 0 aliphatic rings. The second-order valence-electron chi connectivity index (χ2n) is 6.58. The third-order valence-corrected chi connectivity index (χ3v) is 4.37. The first kappa shape index (κ1) is 20.2. The summed E-state index contributed by atoms with van der Waals surface area (Å²) in [6.45, 7) is 12.5. The topological polar surface area (TPSA) is 18.5 Å². The van der Waals surface area contributed by atoms with Crippen LogP contribution in [0.2, 0.25) is 0 Å². The van der Waals surface area contributed by atoms with E-state index in [1.54, 1.807) is 0 Å².